The molecule has 0 atom stereocenters. The molecule has 0 fully saturated rings. The number of hydrogen-bond acceptors (Lipinski definition) is 3. The zero-order chi connectivity index (χ0) is 24.0. The van der Waals surface area contributed by atoms with Crippen LogP contribution in [0.25, 0.3) is 10.8 Å². The molecule has 0 aliphatic rings. The Hall–Kier alpha value is -3.66. The lowest BCUT2D eigenvalue weighted by Gasteiger charge is -2.14. The van der Waals surface area contributed by atoms with Crippen LogP contribution in [0, 0.1) is 0 Å². The summed E-state index contributed by atoms with van der Waals surface area (Å²) in [5.74, 6) is 2.08. The van der Waals surface area contributed by atoms with Gasteiger partial charge in [0, 0.05) is 12.2 Å². The summed E-state index contributed by atoms with van der Waals surface area (Å²) < 4.78 is 11.9. The van der Waals surface area contributed by atoms with Gasteiger partial charge in [-0.3, -0.25) is 0 Å². The number of para-hydroxylation sites is 1. The molecule has 0 unspecified atom stereocenters. The average molecular weight is 500 g/mol. The number of anilines is 1. The molecule has 0 spiro atoms. The van der Waals surface area contributed by atoms with Crippen LogP contribution in [0.1, 0.15) is 11.1 Å². The highest BCUT2D eigenvalue weighted by atomic mass is 35.5. The summed E-state index contributed by atoms with van der Waals surface area (Å²) in [4.78, 5) is 0. The van der Waals surface area contributed by atoms with Crippen molar-refractivity contribution in [1.29, 1.82) is 0 Å². The van der Waals surface area contributed by atoms with Crippen molar-refractivity contribution in [3.63, 3.8) is 0 Å². The molecule has 0 saturated heterocycles. The van der Waals surface area contributed by atoms with Gasteiger partial charge in [-0.25, -0.2) is 0 Å². The van der Waals surface area contributed by atoms with E-state index in [1.165, 1.54) is 5.39 Å². The van der Waals surface area contributed by atoms with Crippen molar-refractivity contribution >= 4 is 39.7 Å². The number of benzene rings is 5. The lowest BCUT2D eigenvalue weighted by Crippen LogP contribution is -2.01. The first-order chi connectivity index (χ1) is 17.2. The quantitative estimate of drug-likeness (QED) is 0.230. The molecule has 0 aliphatic carbocycles. The van der Waals surface area contributed by atoms with Gasteiger partial charge in [0.1, 0.15) is 18.1 Å². The third kappa shape index (κ3) is 5.71. The Balaban J connectivity index is 1.21. The Kier molecular flexibility index (Phi) is 7.08. The van der Waals surface area contributed by atoms with Gasteiger partial charge in [-0.2, -0.15) is 0 Å². The van der Waals surface area contributed by atoms with Crippen LogP contribution in [-0.2, 0) is 13.2 Å². The SMILES string of the molecule is Clc1cc(CNc2ccc(Oc3ccccc3)cc2)cc(Cl)c1OCc1cccc2ccccc12. The van der Waals surface area contributed by atoms with Crippen LogP contribution in [-0.4, -0.2) is 0 Å². The fraction of sp³-hybridized carbons (Fsp3) is 0.0667. The summed E-state index contributed by atoms with van der Waals surface area (Å²) in [6.07, 6.45) is 0. The molecule has 0 bridgehead atoms. The van der Waals surface area contributed by atoms with Gasteiger partial charge in [0.05, 0.1) is 10.0 Å². The van der Waals surface area contributed by atoms with Crippen LogP contribution < -0.4 is 14.8 Å². The van der Waals surface area contributed by atoms with Gasteiger partial charge in [0.2, 0.25) is 0 Å². The Morgan fingerprint density at radius 1 is 0.657 bits per heavy atom. The number of rotatable bonds is 8. The minimum atomic E-state index is 0.385. The fourth-order valence-corrected chi connectivity index (χ4v) is 4.53. The van der Waals surface area contributed by atoms with Crippen LogP contribution in [0.4, 0.5) is 5.69 Å². The summed E-state index contributed by atoms with van der Waals surface area (Å²) >= 11 is 13.1. The van der Waals surface area contributed by atoms with Crippen molar-refractivity contribution < 1.29 is 9.47 Å². The van der Waals surface area contributed by atoms with E-state index >= 15 is 0 Å². The minimum absolute atomic E-state index is 0.385. The molecule has 5 heteroatoms. The molecule has 0 aromatic heterocycles. The highest BCUT2D eigenvalue weighted by molar-refractivity contribution is 6.37. The van der Waals surface area contributed by atoms with Crippen molar-refractivity contribution in [2.45, 2.75) is 13.2 Å². The third-order valence-electron chi connectivity index (χ3n) is 5.64. The third-order valence-corrected chi connectivity index (χ3v) is 6.20. The van der Waals surface area contributed by atoms with E-state index in [2.05, 4.69) is 29.6 Å². The van der Waals surface area contributed by atoms with E-state index in [1.807, 2.05) is 84.9 Å². The molecule has 0 aliphatic heterocycles. The second kappa shape index (κ2) is 10.7. The predicted molar refractivity (Wildman–Crippen MR) is 145 cm³/mol. The lowest BCUT2D eigenvalue weighted by atomic mass is 10.1. The normalized spacial score (nSPS) is 10.8. The van der Waals surface area contributed by atoms with E-state index in [0.29, 0.717) is 28.9 Å². The van der Waals surface area contributed by atoms with Crippen molar-refractivity contribution in [3.05, 3.63) is 130 Å². The average Bonchev–Trinajstić information content (AvgIpc) is 2.88. The Morgan fingerprint density at radius 2 is 1.31 bits per heavy atom. The highest BCUT2D eigenvalue weighted by Crippen LogP contribution is 2.35. The fourth-order valence-electron chi connectivity index (χ4n) is 3.89. The standard InChI is InChI=1S/C30H23Cl2NO2/c31-28-17-21(19-33-24-13-15-26(16-14-24)35-25-10-2-1-3-11-25)18-29(32)30(28)34-20-23-9-6-8-22-7-4-5-12-27(22)23/h1-18,33H,19-20H2. The van der Waals surface area contributed by atoms with Gasteiger partial charge in [-0.15, -0.1) is 0 Å². The van der Waals surface area contributed by atoms with Crippen molar-refractivity contribution in [1.82, 2.24) is 0 Å². The first-order valence-corrected chi connectivity index (χ1v) is 12.1. The lowest BCUT2D eigenvalue weighted by molar-refractivity contribution is 0.308. The van der Waals surface area contributed by atoms with Gasteiger partial charge in [-0.05, 0) is 70.4 Å². The number of halogens is 2. The largest absolute Gasteiger partial charge is 0.486 e. The van der Waals surface area contributed by atoms with Gasteiger partial charge >= 0.3 is 0 Å². The second-order valence-corrected chi connectivity index (χ2v) is 8.92. The van der Waals surface area contributed by atoms with E-state index < -0.39 is 0 Å². The van der Waals surface area contributed by atoms with E-state index in [4.69, 9.17) is 32.7 Å². The summed E-state index contributed by atoms with van der Waals surface area (Å²) in [7, 11) is 0. The van der Waals surface area contributed by atoms with Crippen LogP contribution in [0.15, 0.2) is 109 Å². The van der Waals surface area contributed by atoms with Crippen LogP contribution in [0.3, 0.4) is 0 Å². The van der Waals surface area contributed by atoms with E-state index in [9.17, 15) is 0 Å². The van der Waals surface area contributed by atoms with Crippen molar-refractivity contribution in [3.8, 4) is 17.2 Å². The molecule has 35 heavy (non-hydrogen) atoms. The molecular weight excluding hydrogens is 477 g/mol. The molecule has 3 nitrogen and oxygen atoms in total. The number of hydrogen-bond donors (Lipinski definition) is 1. The maximum Gasteiger partial charge on any atom is 0.156 e. The molecule has 0 saturated carbocycles. The molecule has 5 rings (SSSR count). The Bertz CT molecular complexity index is 1410. The number of ether oxygens (including phenoxy) is 2. The molecular formula is C30H23Cl2NO2. The zero-order valence-electron chi connectivity index (χ0n) is 18.9. The molecule has 0 radical (unpaired) electrons. The zero-order valence-corrected chi connectivity index (χ0v) is 20.4. The second-order valence-electron chi connectivity index (χ2n) is 8.11. The first kappa shape index (κ1) is 23.1. The summed E-state index contributed by atoms with van der Waals surface area (Å²) in [6.45, 7) is 0.956. The van der Waals surface area contributed by atoms with Crippen LogP contribution in [0.5, 0.6) is 17.2 Å². The van der Waals surface area contributed by atoms with Crippen molar-refractivity contribution in [2.75, 3.05) is 5.32 Å². The van der Waals surface area contributed by atoms with Crippen LogP contribution >= 0.6 is 23.2 Å². The smallest absolute Gasteiger partial charge is 0.156 e. The van der Waals surface area contributed by atoms with E-state index in [-0.39, 0.29) is 0 Å². The molecule has 5 aromatic rings. The van der Waals surface area contributed by atoms with Crippen LogP contribution in [0.2, 0.25) is 10.0 Å². The molecule has 0 heterocycles. The summed E-state index contributed by atoms with van der Waals surface area (Å²) in [6, 6.07) is 35.7. The van der Waals surface area contributed by atoms with Gasteiger partial charge in [0.25, 0.3) is 0 Å². The topological polar surface area (TPSA) is 30.5 Å². The Labute approximate surface area is 214 Å². The molecule has 0 amide bonds. The van der Waals surface area contributed by atoms with Crippen molar-refractivity contribution in [2.24, 2.45) is 0 Å². The minimum Gasteiger partial charge on any atom is -0.486 e. The number of fused-ring (bicyclic) bond motifs is 1. The van der Waals surface area contributed by atoms with E-state index in [1.54, 1.807) is 0 Å². The summed E-state index contributed by atoms with van der Waals surface area (Å²) in [5, 5.41) is 6.69. The van der Waals surface area contributed by atoms with Gasteiger partial charge < -0.3 is 14.8 Å². The van der Waals surface area contributed by atoms with E-state index in [0.717, 1.165) is 33.7 Å². The Morgan fingerprint density at radius 3 is 2.09 bits per heavy atom. The molecule has 5 aromatic carbocycles. The molecule has 174 valence electrons. The van der Waals surface area contributed by atoms with Gasteiger partial charge in [-0.1, -0.05) is 83.9 Å². The summed E-state index contributed by atoms with van der Waals surface area (Å²) in [5.41, 5.74) is 3.01. The van der Waals surface area contributed by atoms with Gasteiger partial charge in [0.15, 0.2) is 5.75 Å². The molecule has 1 N–H and O–H groups in total. The maximum atomic E-state index is 6.54. The monoisotopic (exact) mass is 499 g/mol. The maximum absolute atomic E-state index is 6.54. The highest BCUT2D eigenvalue weighted by Gasteiger charge is 2.11. The first-order valence-electron chi connectivity index (χ1n) is 11.3. The predicted octanol–water partition coefficient (Wildman–Crippen LogP) is 9.13. The number of nitrogens with one attached hydrogen (secondary N) is 1.